The van der Waals surface area contributed by atoms with E-state index in [1.54, 1.807) is 0 Å². The van der Waals surface area contributed by atoms with E-state index in [0.29, 0.717) is 6.54 Å². The minimum atomic E-state index is 0.173. The maximum atomic E-state index is 5.63. The van der Waals surface area contributed by atoms with Gasteiger partial charge in [-0.1, -0.05) is 36.9 Å². The second-order valence-electron chi connectivity index (χ2n) is 4.43. The molecule has 2 rings (SSSR count). The molecule has 2 N–H and O–H groups in total. The van der Waals surface area contributed by atoms with Crippen LogP contribution in [0, 0.1) is 0 Å². The molecule has 92 valence electrons. The van der Waals surface area contributed by atoms with Gasteiger partial charge in [-0.15, -0.1) is 0 Å². The normalized spacial score (nSPS) is 21.4. The third-order valence-corrected chi connectivity index (χ3v) is 3.08. The van der Waals surface area contributed by atoms with Crippen molar-refractivity contribution in [2.75, 3.05) is 32.8 Å². The van der Waals surface area contributed by atoms with E-state index in [2.05, 4.69) is 23.6 Å². The Balaban J connectivity index is 1.90. The molecule has 0 bridgehead atoms. The van der Waals surface area contributed by atoms with E-state index >= 15 is 0 Å². The zero-order chi connectivity index (χ0) is 12.1. The fourth-order valence-electron chi connectivity index (χ4n) is 2.10. The molecule has 3 heteroatoms. The number of nitrogens with zero attached hydrogens (tertiary/aromatic N) is 1. The van der Waals surface area contributed by atoms with Crippen molar-refractivity contribution < 1.29 is 4.74 Å². The number of morpholine rings is 1. The maximum Gasteiger partial charge on any atom is 0.0824 e. The van der Waals surface area contributed by atoms with Crippen LogP contribution in [-0.2, 0) is 4.74 Å². The van der Waals surface area contributed by atoms with Crippen LogP contribution in [0.4, 0.5) is 0 Å². The minimum absolute atomic E-state index is 0.173. The van der Waals surface area contributed by atoms with Gasteiger partial charge in [-0.3, -0.25) is 4.90 Å². The van der Waals surface area contributed by atoms with Crippen molar-refractivity contribution in [3.63, 3.8) is 0 Å². The molecular formula is C14H20N2O. The largest absolute Gasteiger partial charge is 0.374 e. The molecule has 1 aromatic carbocycles. The summed E-state index contributed by atoms with van der Waals surface area (Å²) in [5.74, 6) is 0. The molecule has 1 aromatic rings. The molecule has 0 saturated carbocycles. The first-order valence-corrected chi connectivity index (χ1v) is 6.07. The summed E-state index contributed by atoms with van der Waals surface area (Å²) < 4.78 is 5.55. The lowest BCUT2D eigenvalue weighted by molar-refractivity contribution is -0.0183. The molecule has 0 aliphatic carbocycles. The van der Waals surface area contributed by atoms with Crippen LogP contribution in [0.1, 0.15) is 5.56 Å². The Bertz CT molecular complexity index is 364. The van der Waals surface area contributed by atoms with Crippen molar-refractivity contribution in [1.29, 1.82) is 0 Å². The monoisotopic (exact) mass is 232 g/mol. The molecule has 0 spiro atoms. The van der Waals surface area contributed by atoms with Gasteiger partial charge in [0.1, 0.15) is 0 Å². The third-order valence-electron chi connectivity index (χ3n) is 3.08. The van der Waals surface area contributed by atoms with Gasteiger partial charge < -0.3 is 10.5 Å². The van der Waals surface area contributed by atoms with Crippen molar-refractivity contribution in [1.82, 2.24) is 4.90 Å². The maximum absolute atomic E-state index is 5.63. The first-order chi connectivity index (χ1) is 8.29. The topological polar surface area (TPSA) is 38.5 Å². The van der Waals surface area contributed by atoms with Gasteiger partial charge in [0, 0.05) is 26.2 Å². The summed E-state index contributed by atoms with van der Waals surface area (Å²) in [7, 11) is 0. The van der Waals surface area contributed by atoms with Crippen LogP contribution >= 0.6 is 0 Å². The molecule has 1 saturated heterocycles. The van der Waals surface area contributed by atoms with E-state index < -0.39 is 0 Å². The third kappa shape index (κ3) is 3.40. The second-order valence-corrected chi connectivity index (χ2v) is 4.43. The van der Waals surface area contributed by atoms with Crippen LogP contribution in [0.25, 0.3) is 5.57 Å². The molecule has 1 heterocycles. The van der Waals surface area contributed by atoms with E-state index in [4.69, 9.17) is 10.5 Å². The van der Waals surface area contributed by atoms with E-state index in [0.717, 1.165) is 31.8 Å². The van der Waals surface area contributed by atoms with Crippen molar-refractivity contribution in [3.05, 3.63) is 42.5 Å². The number of ether oxygens (including phenoxy) is 1. The summed E-state index contributed by atoms with van der Waals surface area (Å²) in [6, 6.07) is 10.3. The van der Waals surface area contributed by atoms with Crippen molar-refractivity contribution in [2.24, 2.45) is 5.73 Å². The number of hydrogen-bond donors (Lipinski definition) is 1. The van der Waals surface area contributed by atoms with E-state index in [-0.39, 0.29) is 6.10 Å². The lowest BCUT2D eigenvalue weighted by Crippen LogP contribution is -2.45. The fourth-order valence-corrected chi connectivity index (χ4v) is 2.10. The zero-order valence-corrected chi connectivity index (χ0v) is 10.1. The Morgan fingerprint density at radius 2 is 2.18 bits per heavy atom. The second kappa shape index (κ2) is 5.96. The molecule has 1 unspecified atom stereocenters. The van der Waals surface area contributed by atoms with Crippen LogP contribution < -0.4 is 5.73 Å². The predicted molar refractivity (Wildman–Crippen MR) is 70.7 cm³/mol. The van der Waals surface area contributed by atoms with E-state index in [1.807, 2.05) is 18.2 Å². The average molecular weight is 232 g/mol. The molecular weight excluding hydrogens is 212 g/mol. The Morgan fingerprint density at radius 3 is 2.88 bits per heavy atom. The van der Waals surface area contributed by atoms with Gasteiger partial charge in [-0.05, 0) is 11.1 Å². The van der Waals surface area contributed by atoms with Crippen LogP contribution in [0.15, 0.2) is 36.9 Å². The van der Waals surface area contributed by atoms with Gasteiger partial charge in [-0.25, -0.2) is 0 Å². The van der Waals surface area contributed by atoms with Crippen LogP contribution in [0.3, 0.4) is 0 Å². The molecule has 0 radical (unpaired) electrons. The summed E-state index contributed by atoms with van der Waals surface area (Å²) >= 11 is 0. The summed E-state index contributed by atoms with van der Waals surface area (Å²) in [6.07, 6.45) is 0.173. The highest BCUT2D eigenvalue weighted by Gasteiger charge is 2.19. The predicted octanol–water partition coefficient (Wildman–Crippen LogP) is 1.36. The Kier molecular flexibility index (Phi) is 4.31. The first kappa shape index (κ1) is 12.3. The lowest BCUT2D eigenvalue weighted by Gasteiger charge is -2.32. The van der Waals surface area contributed by atoms with Crippen LogP contribution in [-0.4, -0.2) is 43.8 Å². The van der Waals surface area contributed by atoms with E-state index in [9.17, 15) is 0 Å². The summed E-state index contributed by atoms with van der Waals surface area (Å²) in [5.41, 5.74) is 8.00. The van der Waals surface area contributed by atoms with E-state index in [1.165, 1.54) is 5.56 Å². The van der Waals surface area contributed by atoms with Gasteiger partial charge in [0.05, 0.1) is 12.7 Å². The standard InChI is InChI=1S/C14H20N2O/c1-12(13-5-3-2-4-6-13)10-16-7-8-17-14(9-15)11-16/h2-6,14H,1,7-11,15H2. The Morgan fingerprint density at radius 1 is 1.41 bits per heavy atom. The Labute approximate surface area is 103 Å². The fraction of sp³-hybridized carbons (Fsp3) is 0.429. The van der Waals surface area contributed by atoms with Crippen LogP contribution in [0.2, 0.25) is 0 Å². The van der Waals surface area contributed by atoms with Crippen LogP contribution in [0.5, 0.6) is 0 Å². The highest BCUT2D eigenvalue weighted by Crippen LogP contribution is 2.15. The van der Waals surface area contributed by atoms with Crippen molar-refractivity contribution in [3.8, 4) is 0 Å². The summed E-state index contributed by atoms with van der Waals surface area (Å²) in [6.45, 7) is 8.27. The van der Waals surface area contributed by atoms with Gasteiger partial charge in [-0.2, -0.15) is 0 Å². The molecule has 0 aromatic heterocycles. The smallest absolute Gasteiger partial charge is 0.0824 e. The molecule has 1 atom stereocenters. The zero-order valence-electron chi connectivity index (χ0n) is 10.1. The molecule has 1 fully saturated rings. The first-order valence-electron chi connectivity index (χ1n) is 6.07. The number of hydrogen-bond acceptors (Lipinski definition) is 3. The molecule has 17 heavy (non-hydrogen) atoms. The summed E-state index contributed by atoms with van der Waals surface area (Å²) in [4.78, 5) is 2.36. The number of benzene rings is 1. The number of nitrogens with two attached hydrogens (primary N) is 1. The minimum Gasteiger partial charge on any atom is -0.374 e. The molecule has 1 aliphatic rings. The van der Waals surface area contributed by atoms with Gasteiger partial charge >= 0.3 is 0 Å². The van der Waals surface area contributed by atoms with Crippen molar-refractivity contribution >= 4 is 5.57 Å². The highest BCUT2D eigenvalue weighted by molar-refractivity contribution is 5.64. The van der Waals surface area contributed by atoms with Gasteiger partial charge in [0.15, 0.2) is 0 Å². The van der Waals surface area contributed by atoms with Crippen molar-refractivity contribution in [2.45, 2.75) is 6.10 Å². The van der Waals surface area contributed by atoms with Gasteiger partial charge in [0.25, 0.3) is 0 Å². The van der Waals surface area contributed by atoms with Gasteiger partial charge in [0.2, 0.25) is 0 Å². The molecule has 3 nitrogen and oxygen atoms in total. The lowest BCUT2D eigenvalue weighted by atomic mass is 10.1. The SMILES string of the molecule is C=C(CN1CCOC(CN)C1)c1ccccc1. The quantitative estimate of drug-likeness (QED) is 0.852. The molecule has 0 amide bonds. The number of rotatable bonds is 4. The highest BCUT2D eigenvalue weighted by atomic mass is 16.5. The Hall–Kier alpha value is -1.16. The molecule has 1 aliphatic heterocycles. The average Bonchev–Trinajstić information content (AvgIpc) is 2.40. The summed E-state index contributed by atoms with van der Waals surface area (Å²) in [5, 5.41) is 0.